The van der Waals surface area contributed by atoms with Crippen LogP contribution < -0.4 is 4.74 Å². The maximum Gasteiger partial charge on any atom is 0.133 e. The monoisotopic (exact) mass is 271 g/mol. The van der Waals surface area contributed by atoms with Crippen LogP contribution in [0.4, 0.5) is 4.39 Å². The van der Waals surface area contributed by atoms with Crippen molar-refractivity contribution in [3.63, 3.8) is 0 Å². The molecule has 0 radical (unpaired) electrons. The van der Waals surface area contributed by atoms with Crippen LogP contribution in [0.5, 0.6) is 11.5 Å². The van der Waals surface area contributed by atoms with E-state index in [0.29, 0.717) is 23.5 Å². The fraction of sp³-hybridized carbons (Fsp3) is 0.188. The molecule has 0 aliphatic heterocycles. The van der Waals surface area contributed by atoms with Gasteiger partial charge in [-0.25, -0.2) is 4.39 Å². The summed E-state index contributed by atoms with van der Waals surface area (Å²) >= 11 is 0. The topological polar surface area (TPSA) is 53.2 Å². The molecule has 0 aliphatic rings. The third-order valence-electron chi connectivity index (χ3n) is 2.86. The van der Waals surface area contributed by atoms with Gasteiger partial charge in [0.05, 0.1) is 18.6 Å². The normalized spacial score (nSPS) is 11.7. The molecule has 0 spiro atoms. The molecular weight excluding hydrogens is 257 g/mol. The number of hydrogen-bond acceptors (Lipinski definition) is 3. The molecule has 0 unspecified atom stereocenters. The van der Waals surface area contributed by atoms with Crippen LogP contribution in [0.15, 0.2) is 42.5 Å². The molecule has 1 atom stereocenters. The molecule has 102 valence electrons. The highest BCUT2D eigenvalue weighted by Gasteiger charge is 2.11. The molecule has 0 saturated heterocycles. The Morgan fingerprint density at radius 1 is 1.25 bits per heavy atom. The van der Waals surface area contributed by atoms with E-state index in [1.54, 1.807) is 31.2 Å². The van der Waals surface area contributed by atoms with E-state index in [1.807, 2.05) is 0 Å². The van der Waals surface area contributed by atoms with E-state index in [-0.39, 0.29) is 0 Å². The number of ether oxygens (including phenoxy) is 1. The molecule has 0 fully saturated rings. The quantitative estimate of drug-likeness (QED) is 0.921. The molecule has 2 rings (SSSR count). The third kappa shape index (κ3) is 3.34. The van der Waals surface area contributed by atoms with Crippen LogP contribution in [0.2, 0.25) is 0 Å². The average Bonchev–Trinajstić information content (AvgIpc) is 2.43. The second-order valence-corrected chi connectivity index (χ2v) is 4.44. The fourth-order valence-corrected chi connectivity index (χ4v) is 1.83. The Hall–Kier alpha value is -2.38. The van der Waals surface area contributed by atoms with Gasteiger partial charge in [-0.05, 0) is 42.8 Å². The van der Waals surface area contributed by atoms with Crippen molar-refractivity contribution in [2.45, 2.75) is 19.4 Å². The van der Waals surface area contributed by atoms with Crippen molar-refractivity contribution < 1.29 is 14.2 Å². The molecule has 20 heavy (non-hydrogen) atoms. The SMILES string of the molecule is C[C@@H](O)c1cc(F)ccc1Oc1ccc(CC#N)cc1. The summed E-state index contributed by atoms with van der Waals surface area (Å²) in [5.74, 6) is 0.562. The van der Waals surface area contributed by atoms with Gasteiger partial charge in [-0.3, -0.25) is 0 Å². The summed E-state index contributed by atoms with van der Waals surface area (Å²) in [7, 11) is 0. The lowest BCUT2D eigenvalue weighted by Gasteiger charge is -2.13. The first-order valence-corrected chi connectivity index (χ1v) is 6.21. The van der Waals surface area contributed by atoms with Gasteiger partial charge in [0, 0.05) is 5.56 Å². The molecule has 3 nitrogen and oxygen atoms in total. The summed E-state index contributed by atoms with van der Waals surface area (Å²) in [4.78, 5) is 0. The molecule has 0 bridgehead atoms. The highest BCUT2D eigenvalue weighted by atomic mass is 19.1. The van der Waals surface area contributed by atoms with Crippen molar-refractivity contribution in [2.75, 3.05) is 0 Å². The molecule has 1 N–H and O–H groups in total. The zero-order chi connectivity index (χ0) is 14.5. The zero-order valence-electron chi connectivity index (χ0n) is 11.0. The molecule has 2 aromatic carbocycles. The van der Waals surface area contributed by atoms with Crippen molar-refractivity contribution in [1.29, 1.82) is 5.26 Å². The molecule has 0 heterocycles. The molecular formula is C16H14FNO2. The Morgan fingerprint density at radius 3 is 2.55 bits per heavy atom. The van der Waals surface area contributed by atoms with E-state index >= 15 is 0 Å². The molecule has 0 aromatic heterocycles. The second-order valence-electron chi connectivity index (χ2n) is 4.44. The van der Waals surface area contributed by atoms with E-state index in [1.165, 1.54) is 18.2 Å². The Bertz CT molecular complexity index is 630. The predicted octanol–water partition coefficient (Wildman–Crippen LogP) is 3.74. The van der Waals surface area contributed by atoms with E-state index in [2.05, 4.69) is 6.07 Å². The minimum Gasteiger partial charge on any atom is -0.457 e. The standard InChI is InChI=1S/C16H14FNO2/c1-11(19)15-10-13(17)4-7-16(15)20-14-5-2-12(3-6-14)8-9-18/h2-7,10-11,19H,8H2,1H3/t11-/m1/s1. The van der Waals surface area contributed by atoms with Gasteiger partial charge in [-0.2, -0.15) is 5.26 Å². The lowest BCUT2D eigenvalue weighted by Crippen LogP contribution is -1.97. The maximum atomic E-state index is 13.2. The maximum absolute atomic E-state index is 13.2. The Morgan fingerprint density at radius 2 is 1.95 bits per heavy atom. The Kier molecular flexibility index (Phi) is 4.34. The summed E-state index contributed by atoms with van der Waals surface area (Å²) in [6, 6.07) is 13.2. The van der Waals surface area contributed by atoms with Gasteiger partial charge in [-0.1, -0.05) is 12.1 Å². The first-order valence-electron chi connectivity index (χ1n) is 6.21. The zero-order valence-corrected chi connectivity index (χ0v) is 11.0. The summed E-state index contributed by atoms with van der Waals surface area (Å²) < 4.78 is 18.8. The number of nitriles is 1. The minimum absolute atomic E-state index is 0.343. The van der Waals surface area contributed by atoms with Crippen LogP contribution in [-0.4, -0.2) is 5.11 Å². The van der Waals surface area contributed by atoms with Crippen LogP contribution in [0.1, 0.15) is 24.2 Å². The Balaban J connectivity index is 2.23. The summed E-state index contributed by atoms with van der Waals surface area (Å²) in [6.45, 7) is 1.55. The number of rotatable bonds is 4. The number of hydrogen-bond donors (Lipinski definition) is 1. The summed E-state index contributed by atoms with van der Waals surface area (Å²) in [6.07, 6.45) is -0.478. The summed E-state index contributed by atoms with van der Waals surface area (Å²) in [5.41, 5.74) is 1.29. The van der Waals surface area contributed by atoms with Gasteiger partial charge in [0.2, 0.25) is 0 Å². The average molecular weight is 271 g/mol. The van der Waals surface area contributed by atoms with Gasteiger partial charge < -0.3 is 9.84 Å². The number of aliphatic hydroxyl groups is 1. The van der Waals surface area contributed by atoms with Gasteiger partial charge in [0.15, 0.2) is 0 Å². The van der Waals surface area contributed by atoms with Crippen molar-refractivity contribution >= 4 is 0 Å². The van der Waals surface area contributed by atoms with Crippen molar-refractivity contribution in [3.8, 4) is 17.6 Å². The molecule has 2 aromatic rings. The summed E-state index contributed by atoms with van der Waals surface area (Å²) in [5, 5.41) is 18.2. The first-order chi connectivity index (χ1) is 9.60. The van der Waals surface area contributed by atoms with Crippen LogP contribution in [0.25, 0.3) is 0 Å². The lowest BCUT2D eigenvalue weighted by atomic mass is 10.1. The lowest BCUT2D eigenvalue weighted by molar-refractivity contribution is 0.195. The molecule has 0 aliphatic carbocycles. The largest absolute Gasteiger partial charge is 0.457 e. The second kappa shape index (κ2) is 6.18. The molecule has 4 heteroatoms. The number of halogens is 1. The number of nitrogens with zero attached hydrogens (tertiary/aromatic N) is 1. The van der Waals surface area contributed by atoms with E-state index < -0.39 is 11.9 Å². The molecule has 0 saturated carbocycles. The first kappa shape index (κ1) is 14.0. The number of aliphatic hydroxyl groups excluding tert-OH is 1. The third-order valence-corrected chi connectivity index (χ3v) is 2.86. The van der Waals surface area contributed by atoms with E-state index in [9.17, 15) is 9.50 Å². The Labute approximate surface area is 116 Å². The number of benzene rings is 2. The van der Waals surface area contributed by atoms with Gasteiger partial charge >= 0.3 is 0 Å². The van der Waals surface area contributed by atoms with Crippen LogP contribution in [0.3, 0.4) is 0 Å². The van der Waals surface area contributed by atoms with Gasteiger partial charge in [-0.15, -0.1) is 0 Å². The van der Waals surface area contributed by atoms with Crippen LogP contribution in [-0.2, 0) is 6.42 Å². The highest BCUT2D eigenvalue weighted by Crippen LogP contribution is 2.30. The van der Waals surface area contributed by atoms with Crippen molar-refractivity contribution in [2.24, 2.45) is 0 Å². The highest BCUT2D eigenvalue weighted by molar-refractivity contribution is 5.40. The minimum atomic E-state index is -0.821. The van der Waals surface area contributed by atoms with Gasteiger partial charge in [0.25, 0.3) is 0 Å². The predicted molar refractivity (Wildman–Crippen MR) is 72.9 cm³/mol. The smallest absolute Gasteiger partial charge is 0.133 e. The fourth-order valence-electron chi connectivity index (χ4n) is 1.83. The van der Waals surface area contributed by atoms with Crippen LogP contribution >= 0.6 is 0 Å². The van der Waals surface area contributed by atoms with Crippen molar-refractivity contribution in [3.05, 3.63) is 59.4 Å². The van der Waals surface area contributed by atoms with E-state index in [0.717, 1.165) is 5.56 Å². The van der Waals surface area contributed by atoms with Crippen LogP contribution in [0, 0.1) is 17.1 Å². The van der Waals surface area contributed by atoms with Gasteiger partial charge in [0.1, 0.15) is 17.3 Å². The van der Waals surface area contributed by atoms with Crippen molar-refractivity contribution in [1.82, 2.24) is 0 Å². The van der Waals surface area contributed by atoms with E-state index in [4.69, 9.17) is 10.00 Å². The molecule has 0 amide bonds.